The first-order valence-corrected chi connectivity index (χ1v) is 3.27. The average molecular weight is 82.2 g/mol. The van der Waals surface area contributed by atoms with Crippen LogP contribution in [0.15, 0.2) is 12.2 Å². The van der Waals surface area contributed by atoms with Gasteiger partial charge in [0.1, 0.15) is 0 Å². The maximum absolute atomic E-state index is 2.25. The fourth-order valence-electron chi connectivity index (χ4n) is 0.417. The van der Waals surface area contributed by atoms with Crippen LogP contribution in [0.3, 0.4) is 0 Å². The molecule has 0 aromatic rings. The Morgan fingerprint density at radius 3 is 2.00 bits per heavy atom. The van der Waals surface area contributed by atoms with Gasteiger partial charge in [0.2, 0.25) is 0 Å². The summed E-state index contributed by atoms with van der Waals surface area (Å²) in [5.74, 6) is 0. The molecule has 0 fully saturated rings. The Balaban J connectivity index is 2.32. The van der Waals surface area contributed by atoms with E-state index in [0.717, 1.165) is 0 Å². The zero-order chi connectivity index (χ0) is 3.54. The first-order valence-electron chi connectivity index (χ1n) is 1.86. The molecule has 0 saturated heterocycles. The maximum Gasteiger partial charge on any atom is 0.0462 e. The lowest BCUT2D eigenvalue weighted by Gasteiger charge is -1.66. The van der Waals surface area contributed by atoms with E-state index in [9.17, 15) is 0 Å². The smallest absolute Gasteiger partial charge is 0.0462 e. The lowest BCUT2D eigenvalue weighted by Crippen LogP contribution is -1.70. The van der Waals surface area contributed by atoms with Crippen LogP contribution in [-0.2, 0) is 0 Å². The SMILES string of the molecule is C1=CC[Si]C1. The predicted octanol–water partition coefficient (Wildman–Crippen LogP) is 1.10. The van der Waals surface area contributed by atoms with Crippen molar-refractivity contribution in [2.45, 2.75) is 12.1 Å². The summed E-state index contributed by atoms with van der Waals surface area (Å²) in [6.07, 6.45) is 4.50. The Morgan fingerprint density at radius 2 is 1.80 bits per heavy atom. The van der Waals surface area contributed by atoms with E-state index in [2.05, 4.69) is 12.2 Å². The van der Waals surface area contributed by atoms with Crippen molar-refractivity contribution < 1.29 is 0 Å². The van der Waals surface area contributed by atoms with Crippen LogP contribution >= 0.6 is 0 Å². The molecule has 0 saturated carbocycles. The van der Waals surface area contributed by atoms with E-state index >= 15 is 0 Å². The molecule has 0 N–H and O–H groups in total. The summed E-state index contributed by atoms with van der Waals surface area (Å²) in [5.41, 5.74) is 0. The lowest BCUT2D eigenvalue weighted by molar-refractivity contribution is 1.75. The molecule has 0 atom stereocenters. The highest BCUT2D eigenvalue weighted by Crippen LogP contribution is 1.97. The third kappa shape index (κ3) is 0.617. The topological polar surface area (TPSA) is 0 Å². The van der Waals surface area contributed by atoms with Crippen molar-refractivity contribution in [1.29, 1.82) is 0 Å². The lowest BCUT2D eigenvalue weighted by atomic mass is 10.6. The second-order valence-corrected chi connectivity index (χ2v) is 2.45. The molecule has 1 heterocycles. The van der Waals surface area contributed by atoms with Crippen LogP contribution in [0.1, 0.15) is 0 Å². The molecule has 5 heavy (non-hydrogen) atoms. The quantitative estimate of drug-likeness (QED) is 0.303. The highest BCUT2D eigenvalue weighted by atomic mass is 28.2. The normalized spacial score (nSPS) is 20.8. The number of hydrogen-bond donors (Lipinski definition) is 0. The van der Waals surface area contributed by atoms with Crippen LogP contribution in [0.5, 0.6) is 0 Å². The van der Waals surface area contributed by atoms with Crippen molar-refractivity contribution >= 4 is 9.52 Å². The van der Waals surface area contributed by atoms with Gasteiger partial charge in [-0.3, -0.25) is 0 Å². The molecular formula is C4H6Si. The van der Waals surface area contributed by atoms with Gasteiger partial charge in [0.15, 0.2) is 0 Å². The molecule has 26 valence electrons. The average Bonchev–Trinajstić information content (AvgIpc) is 1.76. The summed E-state index contributed by atoms with van der Waals surface area (Å²) in [5, 5.41) is 0. The van der Waals surface area contributed by atoms with Gasteiger partial charge in [0, 0.05) is 9.52 Å². The molecule has 0 aromatic carbocycles. The molecule has 1 aliphatic heterocycles. The van der Waals surface area contributed by atoms with Gasteiger partial charge in [0.05, 0.1) is 0 Å². The van der Waals surface area contributed by atoms with Gasteiger partial charge in [-0.1, -0.05) is 12.2 Å². The Hall–Kier alpha value is -0.0431. The monoisotopic (exact) mass is 82.0 g/mol. The summed E-state index contributed by atoms with van der Waals surface area (Å²) >= 11 is 0. The minimum absolute atomic E-state index is 1.20. The van der Waals surface area contributed by atoms with Gasteiger partial charge in [-0.15, -0.1) is 0 Å². The Bertz CT molecular complexity index is 41.6. The summed E-state index contributed by atoms with van der Waals surface area (Å²) in [6.45, 7) is 0. The molecule has 1 aliphatic rings. The fourth-order valence-corrected chi connectivity index (χ4v) is 1.25. The van der Waals surface area contributed by atoms with E-state index in [1.54, 1.807) is 0 Å². The molecule has 0 spiro atoms. The molecule has 1 heteroatoms. The van der Waals surface area contributed by atoms with E-state index in [0.29, 0.717) is 0 Å². The fraction of sp³-hybridized carbons (Fsp3) is 0.500. The van der Waals surface area contributed by atoms with E-state index in [-0.39, 0.29) is 0 Å². The van der Waals surface area contributed by atoms with Crippen LogP contribution in [0.25, 0.3) is 0 Å². The van der Waals surface area contributed by atoms with E-state index < -0.39 is 0 Å². The zero-order valence-corrected chi connectivity index (χ0v) is 4.07. The third-order valence-corrected chi connectivity index (χ3v) is 1.74. The first kappa shape index (κ1) is 3.16. The van der Waals surface area contributed by atoms with Crippen LogP contribution in [0, 0.1) is 0 Å². The highest BCUT2D eigenvalue weighted by molar-refractivity contribution is 6.38. The zero-order valence-electron chi connectivity index (χ0n) is 3.07. The largest absolute Gasteiger partial charge is 0.0919 e. The molecule has 0 nitrogen and oxygen atoms in total. The molecule has 2 radical (unpaired) electrons. The summed E-state index contributed by atoms with van der Waals surface area (Å²) in [7, 11) is 1.20. The van der Waals surface area contributed by atoms with Crippen molar-refractivity contribution in [1.82, 2.24) is 0 Å². The maximum atomic E-state index is 2.25. The van der Waals surface area contributed by atoms with Gasteiger partial charge in [0.25, 0.3) is 0 Å². The predicted molar refractivity (Wildman–Crippen MR) is 24.5 cm³/mol. The van der Waals surface area contributed by atoms with Crippen LogP contribution in [-0.4, -0.2) is 9.52 Å². The molecule has 1 rings (SSSR count). The minimum atomic E-state index is 1.20. The number of hydrogen-bond acceptors (Lipinski definition) is 0. The van der Waals surface area contributed by atoms with Crippen molar-refractivity contribution in [3.63, 3.8) is 0 Å². The van der Waals surface area contributed by atoms with E-state index in [1.165, 1.54) is 21.6 Å². The van der Waals surface area contributed by atoms with Gasteiger partial charge in [-0.05, 0) is 12.1 Å². The molecule has 0 aromatic heterocycles. The number of allylic oxidation sites excluding steroid dienone is 2. The van der Waals surface area contributed by atoms with Gasteiger partial charge in [-0.25, -0.2) is 0 Å². The van der Waals surface area contributed by atoms with Gasteiger partial charge >= 0.3 is 0 Å². The van der Waals surface area contributed by atoms with E-state index in [4.69, 9.17) is 0 Å². The standard InChI is InChI=1S/C4H6Si/c1-2-4-5-3-1/h1-2H,3-4H2. The van der Waals surface area contributed by atoms with Crippen LogP contribution in [0.4, 0.5) is 0 Å². The highest BCUT2D eigenvalue weighted by Gasteiger charge is 1.86. The molecule has 0 unspecified atom stereocenters. The second-order valence-electron chi connectivity index (χ2n) is 1.13. The Morgan fingerprint density at radius 1 is 1.20 bits per heavy atom. The van der Waals surface area contributed by atoms with E-state index in [1.807, 2.05) is 0 Å². The molecule has 0 aliphatic carbocycles. The minimum Gasteiger partial charge on any atom is -0.0919 e. The van der Waals surface area contributed by atoms with Crippen molar-refractivity contribution in [2.75, 3.05) is 0 Å². The summed E-state index contributed by atoms with van der Waals surface area (Å²) < 4.78 is 0. The summed E-state index contributed by atoms with van der Waals surface area (Å²) in [6, 6.07) is 2.69. The van der Waals surface area contributed by atoms with Crippen molar-refractivity contribution in [2.24, 2.45) is 0 Å². The van der Waals surface area contributed by atoms with Gasteiger partial charge < -0.3 is 0 Å². The van der Waals surface area contributed by atoms with Crippen LogP contribution < -0.4 is 0 Å². The Labute approximate surface area is 34.7 Å². The van der Waals surface area contributed by atoms with Crippen LogP contribution in [0.2, 0.25) is 12.1 Å². The molecule has 0 bridgehead atoms. The Kier molecular flexibility index (Phi) is 0.889. The molecule has 0 amide bonds. The van der Waals surface area contributed by atoms with Gasteiger partial charge in [-0.2, -0.15) is 0 Å². The number of rotatable bonds is 0. The third-order valence-electron chi connectivity index (χ3n) is 0.691. The van der Waals surface area contributed by atoms with Crippen molar-refractivity contribution in [3.8, 4) is 0 Å². The second kappa shape index (κ2) is 1.41. The van der Waals surface area contributed by atoms with Crippen molar-refractivity contribution in [3.05, 3.63) is 12.2 Å². The summed E-state index contributed by atoms with van der Waals surface area (Å²) in [4.78, 5) is 0. The first-order chi connectivity index (χ1) is 2.50. The molecular weight excluding hydrogens is 76.1 g/mol.